The molecule has 0 radical (unpaired) electrons. The lowest BCUT2D eigenvalue weighted by atomic mass is 10.1. The van der Waals surface area contributed by atoms with Gasteiger partial charge in [-0.3, -0.25) is 4.55 Å². The second-order valence-electron chi connectivity index (χ2n) is 2.72. The van der Waals surface area contributed by atoms with E-state index in [9.17, 15) is 17.2 Å². The van der Waals surface area contributed by atoms with Crippen molar-refractivity contribution in [1.29, 1.82) is 0 Å². The SMILES string of the molecule is CCc1ccc(OS(=O)(=O)O)c(F)c1F. The third-order valence-corrected chi connectivity index (χ3v) is 2.09. The lowest BCUT2D eigenvalue weighted by Crippen LogP contribution is -2.09. The summed E-state index contributed by atoms with van der Waals surface area (Å²) < 4.78 is 58.8. The van der Waals surface area contributed by atoms with Gasteiger partial charge in [0.05, 0.1) is 0 Å². The number of hydrogen-bond acceptors (Lipinski definition) is 3. The lowest BCUT2D eigenvalue weighted by molar-refractivity contribution is 0.370. The van der Waals surface area contributed by atoms with Crippen LogP contribution in [0.15, 0.2) is 12.1 Å². The predicted octanol–water partition coefficient (Wildman–Crippen LogP) is 1.71. The van der Waals surface area contributed by atoms with Crippen molar-refractivity contribution in [3.8, 4) is 5.75 Å². The highest BCUT2D eigenvalue weighted by atomic mass is 32.3. The Hall–Kier alpha value is -1.21. The molecule has 7 heteroatoms. The zero-order valence-electron chi connectivity index (χ0n) is 7.70. The van der Waals surface area contributed by atoms with E-state index in [-0.39, 0.29) is 12.0 Å². The molecule has 0 spiro atoms. The summed E-state index contributed by atoms with van der Waals surface area (Å²) in [5.41, 5.74) is 0.0928. The van der Waals surface area contributed by atoms with Gasteiger partial charge in [0, 0.05) is 0 Å². The summed E-state index contributed by atoms with van der Waals surface area (Å²) in [4.78, 5) is 0. The molecule has 0 aromatic heterocycles. The summed E-state index contributed by atoms with van der Waals surface area (Å²) in [5.74, 6) is -3.49. The molecular formula is C8H8F2O4S. The molecule has 15 heavy (non-hydrogen) atoms. The summed E-state index contributed by atoms with van der Waals surface area (Å²) in [6, 6.07) is 2.12. The normalized spacial score (nSPS) is 11.5. The number of aryl methyl sites for hydroxylation is 1. The number of halogens is 2. The highest BCUT2D eigenvalue weighted by molar-refractivity contribution is 7.81. The fraction of sp³-hybridized carbons (Fsp3) is 0.250. The van der Waals surface area contributed by atoms with Crippen LogP contribution in [0, 0.1) is 11.6 Å². The van der Waals surface area contributed by atoms with E-state index in [0.717, 1.165) is 6.07 Å². The van der Waals surface area contributed by atoms with E-state index < -0.39 is 27.8 Å². The monoisotopic (exact) mass is 238 g/mol. The Labute approximate surface area is 85.4 Å². The van der Waals surface area contributed by atoms with Gasteiger partial charge in [-0.25, -0.2) is 4.39 Å². The zero-order chi connectivity index (χ0) is 11.6. The number of rotatable bonds is 3. The van der Waals surface area contributed by atoms with Gasteiger partial charge in [0.15, 0.2) is 11.6 Å². The first-order chi connectivity index (χ1) is 6.85. The van der Waals surface area contributed by atoms with E-state index >= 15 is 0 Å². The summed E-state index contributed by atoms with van der Waals surface area (Å²) >= 11 is 0. The van der Waals surface area contributed by atoms with Crippen molar-refractivity contribution in [1.82, 2.24) is 0 Å². The molecule has 0 saturated heterocycles. The smallest absolute Gasteiger partial charge is 0.359 e. The zero-order valence-corrected chi connectivity index (χ0v) is 8.51. The molecule has 0 aliphatic carbocycles. The van der Waals surface area contributed by atoms with Crippen LogP contribution in [0.4, 0.5) is 8.78 Å². The minimum Gasteiger partial charge on any atom is -0.359 e. The molecule has 0 atom stereocenters. The van der Waals surface area contributed by atoms with Crippen LogP contribution in [0.5, 0.6) is 5.75 Å². The van der Waals surface area contributed by atoms with Gasteiger partial charge >= 0.3 is 10.4 Å². The highest BCUT2D eigenvalue weighted by Gasteiger charge is 2.17. The molecule has 84 valence electrons. The molecule has 0 saturated carbocycles. The molecule has 1 aromatic rings. The van der Waals surface area contributed by atoms with Crippen LogP contribution < -0.4 is 4.18 Å². The maximum atomic E-state index is 13.1. The van der Waals surface area contributed by atoms with Crippen LogP contribution in [0.3, 0.4) is 0 Å². The fourth-order valence-electron chi connectivity index (χ4n) is 1.02. The average molecular weight is 238 g/mol. The summed E-state index contributed by atoms with van der Waals surface area (Å²) in [6.45, 7) is 1.61. The van der Waals surface area contributed by atoms with Gasteiger partial charge < -0.3 is 4.18 Å². The topological polar surface area (TPSA) is 63.6 Å². The van der Waals surface area contributed by atoms with E-state index in [0.29, 0.717) is 0 Å². The third kappa shape index (κ3) is 2.87. The molecular weight excluding hydrogens is 230 g/mol. The first-order valence-corrected chi connectivity index (χ1v) is 5.35. The lowest BCUT2D eigenvalue weighted by Gasteiger charge is -2.05. The van der Waals surface area contributed by atoms with Gasteiger partial charge in [-0.2, -0.15) is 12.8 Å². The van der Waals surface area contributed by atoms with Crippen LogP contribution in [-0.4, -0.2) is 13.0 Å². The Morgan fingerprint density at radius 2 is 1.93 bits per heavy atom. The Balaban J connectivity index is 3.18. The fourth-order valence-corrected chi connectivity index (χ4v) is 1.38. The summed E-state index contributed by atoms with van der Waals surface area (Å²) in [7, 11) is -4.84. The van der Waals surface area contributed by atoms with E-state index in [1.54, 1.807) is 6.92 Å². The average Bonchev–Trinajstić information content (AvgIpc) is 2.11. The van der Waals surface area contributed by atoms with Crippen molar-refractivity contribution in [2.75, 3.05) is 0 Å². The maximum absolute atomic E-state index is 13.1. The van der Waals surface area contributed by atoms with Gasteiger partial charge in [0.1, 0.15) is 0 Å². The Morgan fingerprint density at radius 3 is 2.40 bits per heavy atom. The van der Waals surface area contributed by atoms with E-state index in [1.807, 2.05) is 0 Å². The predicted molar refractivity (Wildman–Crippen MR) is 47.9 cm³/mol. The van der Waals surface area contributed by atoms with Crippen molar-refractivity contribution in [3.63, 3.8) is 0 Å². The molecule has 0 heterocycles. The van der Waals surface area contributed by atoms with Gasteiger partial charge in [-0.05, 0) is 18.1 Å². The molecule has 0 fully saturated rings. The number of benzene rings is 1. The van der Waals surface area contributed by atoms with E-state index in [4.69, 9.17) is 4.55 Å². The Morgan fingerprint density at radius 1 is 1.33 bits per heavy atom. The molecule has 0 aliphatic rings. The van der Waals surface area contributed by atoms with Crippen molar-refractivity contribution in [3.05, 3.63) is 29.3 Å². The molecule has 4 nitrogen and oxygen atoms in total. The number of hydrogen-bond donors (Lipinski definition) is 1. The minimum atomic E-state index is -4.84. The molecule has 1 rings (SSSR count). The molecule has 1 aromatic carbocycles. The Bertz CT molecular complexity index is 470. The van der Waals surface area contributed by atoms with Crippen molar-refractivity contribution in [2.45, 2.75) is 13.3 Å². The van der Waals surface area contributed by atoms with Crippen LogP contribution in [0.2, 0.25) is 0 Å². The Kier molecular flexibility index (Phi) is 3.25. The maximum Gasteiger partial charge on any atom is 0.446 e. The van der Waals surface area contributed by atoms with Gasteiger partial charge in [-0.1, -0.05) is 13.0 Å². The molecule has 0 bridgehead atoms. The van der Waals surface area contributed by atoms with Gasteiger partial charge in [-0.15, -0.1) is 0 Å². The van der Waals surface area contributed by atoms with Crippen molar-refractivity contribution in [2.24, 2.45) is 0 Å². The highest BCUT2D eigenvalue weighted by Crippen LogP contribution is 2.23. The van der Waals surface area contributed by atoms with Crippen LogP contribution in [0.1, 0.15) is 12.5 Å². The standard InChI is InChI=1S/C8H8F2O4S/c1-2-5-3-4-6(8(10)7(5)9)14-15(11,12)13/h3-4H,2H2,1H3,(H,11,12,13). The third-order valence-electron chi connectivity index (χ3n) is 1.70. The van der Waals surface area contributed by atoms with Crippen molar-refractivity contribution < 1.29 is 25.9 Å². The van der Waals surface area contributed by atoms with Crippen molar-refractivity contribution >= 4 is 10.4 Å². The molecule has 1 N–H and O–H groups in total. The first kappa shape index (κ1) is 11.9. The van der Waals surface area contributed by atoms with Crippen LogP contribution in [0.25, 0.3) is 0 Å². The van der Waals surface area contributed by atoms with E-state index in [1.165, 1.54) is 6.07 Å². The molecule has 0 unspecified atom stereocenters. The first-order valence-electron chi connectivity index (χ1n) is 3.99. The van der Waals surface area contributed by atoms with Crippen LogP contribution in [-0.2, 0) is 16.8 Å². The quantitative estimate of drug-likeness (QED) is 0.814. The summed E-state index contributed by atoms with van der Waals surface area (Å²) in [5, 5.41) is 0. The summed E-state index contributed by atoms with van der Waals surface area (Å²) in [6.07, 6.45) is 0.259. The molecule has 0 amide bonds. The molecule has 0 aliphatic heterocycles. The van der Waals surface area contributed by atoms with Gasteiger partial charge in [0.25, 0.3) is 0 Å². The minimum absolute atomic E-state index is 0.0928. The van der Waals surface area contributed by atoms with Gasteiger partial charge in [0.2, 0.25) is 5.82 Å². The largest absolute Gasteiger partial charge is 0.446 e. The second-order valence-corrected chi connectivity index (χ2v) is 3.74. The van der Waals surface area contributed by atoms with E-state index in [2.05, 4.69) is 4.18 Å². The van der Waals surface area contributed by atoms with Crippen LogP contribution >= 0.6 is 0 Å². The second kappa shape index (κ2) is 4.11.